The van der Waals surface area contributed by atoms with E-state index >= 15 is 0 Å². The number of rotatable bonds is 4. The zero-order valence-corrected chi connectivity index (χ0v) is 20.1. The molecule has 0 radical (unpaired) electrons. The zero-order chi connectivity index (χ0) is 23.7. The van der Waals surface area contributed by atoms with Crippen molar-refractivity contribution >= 4 is 45.8 Å². The Balaban J connectivity index is 1.59. The van der Waals surface area contributed by atoms with Crippen LogP contribution in [0.15, 0.2) is 63.8 Å². The third-order valence-corrected chi connectivity index (χ3v) is 9.00. The van der Waals surface area contributed by atoms with Crippen molar-refractivity contribution in [1.82, 2.24) is 9.80 Å². The molecule has 2 spiro atoms. The van der Waals surface area contributed by atoms with Gasteiger partial charge in [-0.1, -0.05) is 24.0 Å². The van der Waals surface area contributed by atoms with E-state index in [1.165, 1.54) is 11.8 Å². The molecular weight excluding hydrogens is 474 g/mol. The minimum absolute atomic E-state index is 0.191. The number of carbonyl (C=O) groups excluding carboxylic acids is 2. The van der Waals surface area contributed by atoms with Gasteiger partial charge >= 0.3 is 0 Å². The summed E-state index contributed by atoms with van der Waals surface area (Å²) in [4.78, 5) is 31.9. The number of amides is 2. The van der Waals surface area contributed by atoms with Crippen LogP contribution in [0.3, 0.4) is 0 Å². The number of thiocarbonyl (C=S) groups is 1. The average Bonchev–Trinajstić information content (AvgIpc) is 3.63. The molecule has 10 heteroatoms. The molecule has 0 bridgehead atoms. The van der Waals surface area contributed by atoms with Crippen LogP contribution in [0.2, 0.25) is 0 Å². The summed E-state index contributed by atoms with van der Waals surface area (Å²) >= 11 is 7.01. The van der Waals surface area contributed by atoms with E-state index in [1.54, 1.807) is 48.8 Å². The van der Waals surface area contributed by atoms with E-state index < -0.39 is 16.2 Å². The number of methoxy groups -OCH3 is 1. The van der Waals surface area contributed by atoms with Gasteiger partial charge in [0.2, 0.25) is 5.91 Å². The maximum Gasteiger partial charge on any atom is 0.251 e. The summed E-state index contributed by atoms with van der Waals surface area (Å²) in [7, 11) is 3.44. The molecule has 3 atom stereocenters. The Kier molecular flexibility index (Phi) is 4.71. The predicted octanol–water partition coefficient (Wildman–Crippen LogP) is 3.56. The van der Waals surface area contributed by atoms with Gasteiger partial charge < -0.3 is 18.9 Å². The van der Waals surface area contributed by atoms with Gasteiger partial charge in [-0.25, -0.2) is 0 Å². The van der Waals surface area contributed by atoms with Crippen molar-refractivity contribution in [3.8, 4) is 5.75 Å². The van der Waals surface area contributed by atoms with Crippen LogP contribution in [0.1, 0.15) is 23.0 Å². The molecule has 0 aliphatic carbocycles. The summed E-state index contributed by atoms with van der Waals surface area (Å²) in [6.45, 7) is 0.615. The zero-order valence-electron chi connectivity index (χ0n) is 18.4. The maximum absolute atomic E-state index is 14.5. The average molecular weight is 496 g/mol. The van der Waals surface area contributed by atoms with Crippen LogP contribution < -0.4 is 10.1 Å². The highest BCUT2D eigenvalue weighted by Gasteiger charge is 2.78. The predicted molar refractivity (Wildman–Crippen MR) is 130 cm³/mol. The van der Waals surface area contributed by atoms with Crippen molar-refractivity contribution in [3.05, 3.63) is 72.1 Å². The summed E-state index contributed by atoms with van der Waals surface area (Å²) in [5.41, 5.74) is 0.0238. The number of likely N-dealkylation sites (tertiary alicyclic amines) is 1. The van der Waals surface area contributed by atoms with Crippen LogP contribution in [-0.2, 0) is 21.7 Å². The molecular formula is C24H21N3O5S2. The van der Waals surface area contributed by atoms with Crippen LogP contribution in [0.5, 0.6) is 5.75 Å². The van der Waals surface area contributed by atoms with E-state index in [2.05, 4.69) is 5.32 Å². The fourth-order valence-electron chi connectivity index (χ4n) is 5.66. The molecule has 3 aromatic rings. The first kappa shape index (κ1) is 21.5. The fraction of sp³-hybridized carbons (Fsp3) is 0.292. The SMILES string of the molecule is COc1ccc2c(c1)[C@]1(C(=O)N2)N(C)C[C@@H](c2ccco2)[C@@]12SC(=S)N(Cc1ccco1)C2=O. The highest BCUT2D eigenvalue weighted by atomic mass is 32.2. The summed E-state index contributed by atoms with van der Waals surface area (Å²) in [6.07, 6.45) is 3.15. The van der Waals surface area contributed by atoms with Gasteiger partial charge in [0.25, 0.3) is 5.91 Å². The molecule has 0 saturated carbocycles. The van der Waals surface area contributed by atoms with E-state index in [-0.39, 0.29) is 18.4 Å². The first-order valence-electron chi connectivity index (χ1n) is 10.8. The van der Waals surface area contributed by atoms with Crippen molar-refractivity contribution in [2.75, 3.05) is 26.0 Å². The van der Waals surface area contributed by atoms with Crippen LogP contribution in [0.4, 0.5) is 5.69 Å². The van der Waals surface area contributed by atoms with Crippen LogP contribution in [0.25, 0.3) is 0 Å². The van der Waals surface area contributed by atoms with E-state index in [4.69, 9.17) is 25.8 Å². The Labute approximate surface area is 205 Å². The lowest BCUT2D eigenvalue weighted by Gasteiger charge is -2.41. The third-order valence-electron chi connectivity index (χ3n) is 7.06. The monoisotopic (exact) mass is 495 g/mol. The third kappa shape index (κ3) is 2.56. The van der Waals surface area contributed by atoms with Gasteiger partial charge in [0, 0.05) is 17.8 Å². The Morgan fingerprint density at radius 1 is 1.21 bits per heavy atom. The number of carbonyl (C=O) groups is 2. The Hall–Kier alpha value is -3.08. The lowest BCUT2D eigenvalue weighted by atomic mass is 9.73. The summed E-state index contributed by atoms with van der Waals surface area (Å²) < 4.78 is 15.9. The van der Waals surface area contributed by atoms with Crippen LogP contribution in [0, 0.1) is 0 Å². The molecule has 3 aliphatic heterocycles. The van der Waals surface area contributed by atoms with E-state index in [0.29, 0.717) is 39.4 Å². The number of nitrogens with zero attached hydrogens (tertiary/aromatic N) is 2. The molecule has 3 aliphatic rings. The molecule has 5 heterocycles. The number of likely N-dealkylation sites (N-methyl/N-ethyl adjacent to an activating group) is 1. The van der Waals surface area contributed by atoms with Crippen molar-refractivity contribution in [3.63, 3.8) is 0 Å². The molecule has 8 nitrogen and oxygen atoms in total. The number of anilines is 1. The second kappa shape index (κ2) is 7.46. The van der Waals surface area contributed by atoms with Gasteiger partial charge in [-0.15, -0.1) is 0 Å². The summed E-state index contributed by atoms with van der Waals surface area (Å²) in [5, 5.41) is 3.01. The summed E-state index contributed by atoms with van der Waals surface area (Å²) in [5.74, 6) is 0.918. The Bertz CT molecular complexity index is 1310. The number of hydrogen-bond donors (Lipinski definition) is 1. The van der Waals surface area contributed by atoms with Crippen molar-refractivity contribution < 1.29 is 23.2 Å². The highest BCUT2D eigenvalue weighted by Crippen LogP contribution is 2.66. The Morgan fingerprint density at radius 3 is 2.71 bits per heavy atom. The lowest BCUT2D eigenvalue weighted by molar-refractivity contribution is -0.138. The van der Waals surface area contributed by atoms with Gasteiger partial charge in [-0.05, 0) is 49.5 Å². The van der Waals surface area contributed by atoms with Crippen molar-refractivity contribution in [2.45, 2.75) is 22.7 Å². The van der Waals surface area contributed by atoms with E-state index in [1.807, 2.05) is 30.1 Å². The minimum atomic E-state index is -1.32. The maximum atomic E-state index is 14.5. The van der Waals surface area contributed by atoms with Crippen LogP contribution in [-0.4, -0.2) is 51.4 Å². The molecule has 2 saturated heterocycles. The fourth-order valence-corrected chi connectivity index (χ4v) is 7.77. The number of furan rings is 2. The van der Waals surface area contributed by atoms with Gasteiger partial charge in [0.1, 0.15) is 26.3 Å². The number of hydrogen-bond acceptors (Lipinski definition) is 8. The number of thioether (sulfide) groups is 1. The molecule has 1 aromatic carbocycles. The second-order valence-corrected chi connectivity index (χ2v) is 10.5. The van der Waals surface area contributed by atoms with Gasteiger partial charge in [0.05, 0.1) is 32.1 Å². The molecule has 6 rings (SSSR count). The number of benzene rings is 1. The number of fused-ring (bicyclic) bond motifs is 3. The molecule has 2 aromatic heterocycles. The summed E-state index contributed by atoms with van der Waals surface area (Å²) in [6, 6.07) is 12.7. The molecule has 174 valence electrons. The second-order valence-electron chi connectivity index (χ2n) is 8.60. The number of nitrogens with one attached hydrogen (secondary N) is 1. The van der Waals surface area contributed by atoms with Crippen molar-refractivity contribution in [1.29, 1.82) is 0 Å². The standard InChI is InChI=1S/C24H21N3O5S2/c1-26-13-17(19-6-4-10-32-19)24(21(29)27(22(33)34-24)12-15-5-3-9-31-15)23(26)16-11-14(30-2)7-8-18(16)25-20(23)28/h3-11,17H,12-13H2,1-2H3,(H,25,28)/t17-,23+,24-/m0/s1. The first-order valence-corrected chi connectivity index (χ1v) is 12.0. The largest absolute Gasteiger partial charge is 0.497 e. The van der Waals surface area contributed by atoms with Gasteiger partial charge in [-0.2, -0.15) is 0 Å². The molecule has 2 fully saturated rings. The molecule has 34 heavy (non-hydrogen) atoms. The Morgan fingerprint density at radius 2 is 2.00 bits per heavy atom. The molecule has 2 amide bonds. The van der Waals surface area contributed by atoms with Gasteiger partial charge in [0.15, 0.2) is 5.54 Å². The first-order chi connectivity index (χ1) is 16.4. The minimum Gasteiger partial charge on any atom is -0.497 e. The molecule has 0 unspecified atom stereocenters. The lowest BCUT2D eigenvalue weighted by Crippen LogP contribution is -2.61. The van der Waals surface area contributed by atoms with Crippen LogP contribution >= 0.6 is 24.0 Å². The van der Waals surface area contributed by atoms with Crippen molar-refractivity contribution in [2.24, 2.45) is 0 Å². The molecule has 1 N–H and O–H groups in total. The topological polar surface area (TPSA) is 88.2 Å². The normalized spacial score (nSPS) is 28.4. The smallest absolute Gasteiger partial charge is 0.251 e. The highest BCUT2D eigenvalue weighted by molar-refractivity contribution is 8.25. The number of ether oxygens (including phenoxy) is 1. The van der Waals surface area contributed by atoms with E-state index in [0.717, 1.165) is 0 Å². The van der Waals surface area contributed by atoms with Gasteiger partial charge in [-0.3, -0.25) is 19.4 Å². The quantitative estimate of drug-likeness (QED) is 0.550. The van der Waals surface area contributed by atoms with E-state index in [9.17, 15) is 9.59 Å².